The van der Waals surface area contributed by atoms with Crippen molar-refractivity contribution in [1.29, 1.82) is 0 Å². The Balaban J connectivity index is 1.26. The van der Waals surface area contributed by atoms with Crippen molar-refractivity contribution in [3.63, 3.8) is 0 Å². The van der Waals surface area contributed by atoms with Crippen molar-refractivity contribution in [2.45, 2.75) is 32.4 Å². The molecule has 158 valence electrons. The Hall–Kier alpha value is -3.61. The summed E-state index contributed by atoms with van der Waals surface area (Å²) in [5.74, 6) is 1.60. The van der Waals surface area contributed by atoms with E-state index >= 15 is 0 Å². The molecular weight excluding hydrogens is 392 g/mol. The fourth-order valence-electron chi connectivity index (χ4n) is 4.17. The lowest BCUT2D eigenvalue weighted by Gasteiger charge is -2.06. The maximum atomic E-state index is 12.5. The molecule has 3 heterocycles. The first kappa shape index (κ1) is 19.4. The number of nitrogens with zero attached hydrogens (tertiary/aromatic N) is 4. The van der Waals surface area contributed by atoms with Gasteiger partial charge in [-0.25, -0.2) is 4.98 Å². The highest BCUT2D eigenvalue weighted by Crippen LogP contribution is 2.29. The third-order valence-corrected chi connectivity index (χ3v) is 5.76. The summed E-state index contributed by atoms with van der Waals surface area (Å²) in [5.41, 5.74) is 5.50. The Morgan fingerprint density at radius 2 is 2.03 bits per heavy atom. The molecule has 0 spiro atoms. The zero-order chi connectivity index (χ0) is 21.4. The second kappa shape index (κ2) is 7.91. The van der Waals surface area contributed by atoms with Gasteiger partial charge in [-0.05, 0) is 42.3 Å². The molecule has 0 bridgehead atoms. The van der Waals surface area contributed by atoms with Crippen molar-refractivity contribution in [2.75, 3.05) is 7.11 Å². The van der Waals surface area contributed by atoms with Crippen molar-refractivity contribution in [2.24, 2.45) is 7.05 Å². The summed E-state index contributed by atoms with van der Waals surface area (Å²) in [5, 5.41) is 4.54. The minimum Gasteiger partial charge on any atom is -0.496 e. The molecule has 0 unspecified atom stereocenters. The van der Waals surface area contributed by atoms with Gasteiger partial charge in [0, 0.05) is 31.3 Å². The number of imidazole rings is 1. The molecule has 0 N–H and O–H groups in total. The molecule has 2 aromatic carbocycles. The number of aryl methyl sites for hydroxylation is 3. The Bertz CT molecular complexity index is 1270. The summed E-state index contributed by atoms with van der Waals surface area (Å²) >= 11 is 0. The van der Waals surface area contributed by atoms with Gasteiger partial charge in [-0.2, -0.15) is 5.10 Å². The quantitative estimate of drug-likeness (QED) is 0.449. The average molecular weight is 416 g/mol. The summed E-state index contributed by atoms with van der Waals surface area (Å²) in [6.07, 6.45) is 2.34. The van der Waals surface area contributed by atoms with Crippen LogP contribution in [0.15, 0.2) is 48.5 Å². The largest absolute Gasteiger partial charge is 0.496 e. The normalized spacial score (nSPS) is 12.8. The highest BCUT2D eigenvalue weighted by molar-refractivity contribution is 5.77. The van der Waals surface area contributed by atoms with Gasteiger partial charge in [-0.15, -0.1) is 0 Å². The van der Waals surface area contributed by atoms with Crippen LogP contribution < -0.4 is 4.74 Å². The smallest absolute Gasteiger partial charge is 0.312 e. The lowest BCUT2D eigenvalue weighted by Crippen LogP contribution is -2.11. The molecule has 0 radical (unpaired) electrons. The van der Waals surface area contributed by atoms with Gasteiger partial charge < -0.3 is 14.0 Å². The van der Waals surface area contributed by atoms with Gasteiger partial charge in [0.2, 0.25) is 0 Å². The topological polar surface area (TPSA) is 71.2 Å². The van der Waals surface area contributed by atoms with Crippen molar-refractivity contribution in [3.05, 3.63) is 65.6 Å². The van der Waals surface area contributed by atoms with Crippen LogP contribution in [0, 0.1) is 0 Å². The van der Waals surface area contributed by atoms with Gasteiger partial charge in [0.05, 0.1) is 30.3 Å². The number of carbonyl (C=O) groups excluding carboxylic acids is 1. The molecule has 5 rings (SSSR count). The molecule has 7 nitrogen and oxygen atoms in total. The van der Waals surface area contributed by atoms with Crippen LogP contribution in [0.2, 0.25) is 0 Å². The molecule has 0 saturated carbocycles. The van der Waals surface area contributed by atoms with Crippen LogP contribution in [0.1, 0.15) is 23.5 Å². The van der Waals surface area contributed by atoms with Crippen molar-refractivity contribution in [3.8, 4) is 17.0 Å². The number of aromatic nitrogens is 4. The number of carbonyl (C=O) groups is 1. The number of esters is 1. The van der Waals surface area contributed by atoms with Crippen LogP contribution in [-0.2, 0) is 42.6 Å². The van der Waals surface area contributed by atoms with E-state index < -0.39 is 0 Å². The van der Waals surface area contributed by atoms with Crippen LogP contribution in [0.5, 0.6) is 5.75 Å². The lowest BCUT2D eigenvalue weighted by atomic mass is 10.1. The number of methoxy groups -OCH3 is 1. The number of fused-ring (bicyclic) bond motifs is 3. The predicted octanol–water partition coefficient (Wildman–Crippen LogP) is 3.68. The molecule has 0 amide bonds. The Morgan fingerprint density at radius 1 is 1.16 bits per heavy atom. The number of rotatable bonds is 6. The second-order valence-corrected chi connectivity index (χ2v) is 7.79. The average Bonchev–Trinajstić information content (AvgIpc) is 3.47. The van der Waals surface area contributed by atoms with E-state index in [1.807, 2.05) is 49.5 Å². The summed E-state index contributed by atoms with van der Waals surface area (Å²) in [6.45, 7) is 1.26. The predicted molar refractivity (Wildman–Crippen MR) is 117 cm³/mol. The maximum Gasteiger partial charge on any atom is 0.312 e. The fraction of sp³-hybridized carbons (Fsp3) is 0.292. The molecule has 7 heteroatoms. The molecule has 31 heavy (non-hydrogen) atoms. The van der Waals surface area contributed by atoms with Crippen molar-refractivity contribution in [1.82, 2.24) is 19.3 Å². The van der Waals surface area contributed by atoms with E-state index in [0.717, 1.165) is 64.5 Å². The first-order valence-corrected chi connectivity index (χ1v) is 10.4. The van der Waals surface area contributed by atoms with Crippen molar-refractivity contribution < 1.29 is 14.3 Å². The molecule has 0 atom stereocenters. The van der Waals surface area contributed by atoms with Crippen LogP contribution in [-0.4, -0.2) is 32.4 Å². The third kappa shape index (κ3) is 3.67. The van der Waals surface area contributed by atoms with Gasteiger partial charge in [0.25, 0.3) is 0 Å². The van der Waals surface area contributed by atoms with E-state index in [4.69, 9.17) is 14.5 Å². The molecule has 0 aliphatic carbocycles. The van der Waals surface area contributed by atoms with Gasteiger partial charge in [-0.1, -0.05) is 18.2 Å². The van der Waals surface area contributed by atoms with E-state index in [-0.39, 0.29) is 19.0 Å². The van der Waals surface area contributed by atoms with E-state index in [2.05, 4.69) is 15.7 Å². The Labute approximate surface area is 180 Å². The summed E-state index contributed by atoms with van der Waals surface area (Å²) in [6, 6.07) is 15.7. The molecule has 0 fully saturated rings. The Morgan fingerprint density at radius 3 is 2.90 bits per heavy atom. The number of hydrogen-bond donors (Lipinski definition) is 0. The minimum atomic E-state index is -0.290. The maximum absolute atomic E-state index is 12.5. The summed E-state index contributed by atoms with van der Waals surface area (Å²) in [4.78, 5) is 17.2. The van der Waals surface area contributed by atoms with E-state index in [0.29, 0.717) is 0 Å². The van der Waals surface area contributed by atoms with Gasteiger partial charge >= 0.3 is 5.97 Å². The number of benzene rings is 2. The lowest BCUT2D eigenvalue weighted by molar-refractivity contribution is -0.144. The number of hydrogen-bond acceptors (Lipinski definition) is 5. The molecule has 2 aromatic heterocycles. The zero-order valence-electron chi connectivity index (χ0n) is 17.7. The fourth-order valence-corrected chi connectivity index (χ4v) is 4.17. The van der Waals surface area contributed by atoms with Crippen LogP contribution in [0.4, 0.5) is 0 Å². The number of ether oxygens (including phenoxy) is 2. The monoisotopic (exact) mass is 416 g/mol. The summed E-state index contributed by atoms with van der Waals surface area (Å²) < 4.78 is 14.9. The molecular formula is C24H24N4O3. The van der Waals surface area contributed by atoms with Crippen molar-refractivity contribution >= 4 is 17.0 Å². The second-order valence-electron chi connectivity index (χ2n) is 7.79. The Kier molecular flexibility index (Phi) is 4.94. The zero-order valence-corrected chi connectivity index (χ0v) is 17.7. The van der Waals surface area contributed by atoms with E-state index in [1.165, 1.54) is 0 Å². The molecule has 4 aromatic rings. The highest BCUT2D eigenvalue weighted by atomic mass is 16.5. The highest BCUT2D eigenvalue weighted by Gasteiger charge is 2.17. The first-order chi connectivity index (χ1) is 15.1. The van der Waals surface area contributed by atoms with Gasteiger partial charge in [-0.3, -0.25) is 9.48 Å². The van der Waals surface area contributed by atoms with Gasteiger partial charge in [0.1, 0.15) is 18.2 Å². The standard InChI is InChI=1S/C24H24N4O3/c1-27-17(13-19(26-27)18-6-3-4-7-22(18)30-2)14-24(29)31-15-16-9-10-21-20(12-16)25-23-8-5-11-28(21)23/h3-4,6-7,9-10,12-13H,5,8,11,14-15H2,1-2H3. The van der Waals surface area contributed by atoms with E-state index in [9.17, 15) is 4.79 Å². The molecule has 1 aliphatic rings. The molecule has 0 saturated heterocycles. The third-order valence-electron chi connectivity index (χ3n) is 5.76. The minimum absolute atomic E-state index is 0.152. The van der Waals surface area contributed by atoms with Gasteiger partial charge in [0.15, 0.2) is 0 Å². The van der Waals surface area contributed by atoms with Crippen LogP contribution in [0.3, 0.4) is 0 Å². The van der Waals surface area contributed by atoms with Crippen LogP contribution >= 0.6 is 0 Å². The van der Waals surface area contributed by atoms with E-state index in [1.54, 1.807) is 11.8 Å². The van der Waals surface area contributed by atoms with Crippen LogP contribution in [0.25, 0.3) is 22.3 Å². The number of para-hydroxylation sites is 1. The SMILES string of the molecule is COc1ccccc1-c1cc(CC(=O)OCc2ccc3c(c2)nc2n3CCC2)n(C)n1. The summed E-state index contributed by atoms with van der Waals surface area (Å²) in [7, 11) is 3.46. The molecule has 1 aliphatic heterocycles. The first-order valence-electron chi connectivity index (χ1n) is 10.4.